The van der Waals surface area contributed by atoms with Crippen molar-refractivity contribution in [3.8, 4) is 0 Å². The minimum Gasteiger partial charge on any atom is -0.465 e. The molecule has 1 aromatic rings. The van der Waals surface area contributed by atoms with Crippen molar-refractivity contribution in [1.82, 2.24) is 5.32 Å². The summed E-state index contributed by atoms with van der Waals surface area (Å²) in [7, 11) is 0. The maximum atomic E-state index is 13.7. The molecule has 3 rings (SSSR count). The number of ether oxygens (including phenoxy) is 1. The lowest BCUT2D eigenvalue weighted by atomic mass is 9.78. The predicted molar refractivity (Wildman–Crippen MR) is 84.7 cm³/mol. The Morgan fingerprint density at radius 1 is 1.35 bits per heavy atom. The number of carbonyl (C=O) groups excluding carboxylic acids is 1. The first-order valence-corrected chi connectivity index (χ1v) is 8.41. The first-order chi connectivity index (χ1) is 12.2. The first kappa shape index (κ1) is 18.6. The van der Waals surface area contributed by atoms with Crippen molar-refractivity contribution in [1.29, 1.82) is 0 Å². The Morgan fingerprint density at radius 2 is 1.96 bits per heavy atom. The number of halogens is 3. The number of carbonyl (C=O) groups is 1. The van der Waals surface area contributed by atoms with Crippen molar-refractivity contribution >= 4 is 5.97 Å². The number of esters is 1. The van der Waals surface area contributed by atoms with Gasteiger partial charge in [-0.25, -0.2) is 0 Å². The molecule has 1 saturated carbocycles. The summed E-state index contributed by atoms with van der Waals surface area (Å²) in [6, 6.07) is 4.27. The van der Waals surface area contributed by atoms with Crippen LogP contribution in [0, 0.1) is 21.4 Å². The molecule has 1 aliphatic heterocycles. The summed E-state index contributed by atoms with van der Waals surface area (Å²) < 4.78 is 46.1. The summed E-state index contributed by atoms with van der Waals surface area (Å²) in [5.41, 5.74) is -1.75. The largest absolute Gasteiger partial charge is 0.465 e. The Labute approximate surface area is 147 Å². The Balaban J connectivity index is 2.06. The molecule has 0 bridgehead atoms. The Kier molecular flexibility index (Phi) is 4.68. The first-order valence-electron chi connectivity index (χ1n) is 8.41. The van der Waals surface area contributed by atoms with Crippen LogP contribution in [0.2, 0.25) is 0 Å². The highest BCUT2D eigenvalue weighted by Gasteiger charge is 2.75. The van der Waals surface area contributed by atoms with Crippen LogP contribution in [0.1, 0.15) is 31.4 Å². The lowest BCUT2D eigenvalue weighted by Gasteiger charge is -2.29. The van der Waals surface area contributed by atoms with E-state index in [9.17, 15) is 28.1 Å². The van der Waals surface area contributed by atoms with E-state index >= 15 is 0 Å². The summed E-state index contributed by atoms with van der Waals surface area (Å²) in [6.45, 7) is 1.53. The molecule has 2 fully saturated rings. The number of hydrogen-bond acceptors (Lipinski definition) is 5. The van der Waals surface area contributed by atoms with Gasteiger partial charge in [-0.3, -0.25) is 20.2 Å². The van der Waals surface area contributed by atoms with Gasteiger partial charge >= 0.3 is 12.1 Å². The van der Waals surface area contributed by atoms with E-state index in [1.54, 1.807) is 30.3 Å². The third-order valence-corrected chi connectivity index (χ3v) is 5.36. The lowest BCUT2D eigenvalue weighted by molar-refractivity contribution is -0.537. The van der Waals surface area contributed by atoms with Crippen molar-refractivity contribution in [3.05, 3.63) is 46.0 Å². The molecule has 26 heavy (non-hydrogen) atoms. The third kappa shape index (κ3) is 2.94. The molecule has 0 spiro atoms. The van der Waals surface area contributed by atoms with Crippen LogP contribution >= 0.6 is 0 Å². The minimum absolute atomic E-state index is 0.0120. The molecule has 0 radical (unpaired) electrons. The van der Waals surface area contributed by atoms with Crippen LogP contribution in [-0.4, -0.2) is 35.8 Å². The second-order valence-electron chi connectivity index (χ2n) is 6.74. The molecule has 1 heterocycles. The second kappa shape index (κ2) is 6.53. The van der Waals surface area contributed by atoms with Gasteiger partial charge < -0.3 is 4.74 Å². The van der Waals surface area contributed by atoms with Gasteiger partial charge in [0.15, 0.2) is 0 Å². The third-order valence-electron chi connectivity index (χ3n) is 5.36. The minimum atomic E-state index is -4.62. The van der Waals surface area contributed by atoms with E-state index in [1.807, 2.05) is 0 Å². The van der Waals surface area contributed by atoms with Gasteiger partial charge in [0.25, 0.3) is 0 Å². The van der Waals surface area contributed by atoms with E-state index in [0.29, 0.717) is 5.56 Å². The van der Waals surface area contributed by atoms with Gasteiger partial charge in [-0.1, -0.05) is 30.3 Å². The van der Waals surface area contributed by atoms with Crippen LogP contribution in [-0.2, 0) is 9.53 Å². The predicted octanol–water partition coefficient (Wildman–Crippen LogP) is 2.87. The molecule has 0 amide bonds. The summed E-state index contributed by atoms with van der Waals surface area (Å²) >= 11 is 0. The van der Waals surface area contributed by atoms with Crippen LogP contribution in [0.3, 0.4) is 0 Å². The van der Waals surface area contributed by atoms with Crippen LogP contribution in [0.15, 0.2) is 30.3 Å². The summed E-state index contributed by atoms with van der Waals surface area (Å²) in [5.74, 6) is -2.39. The normalized spacial score (nSPS) is 30.0. The number of nitro groups is 1. The maximum absolute atomic E-state index is 13.7. The molecule has 4 atom stereocenters. The molecule has 0 aromatic heterocycles. The number of nitrogens with one attached hydrogen (secondary N) is 1. The number of nitrogens with zero attached hydrogens (tertiary/aromatic N) is 1. The molecule has 142 valence electrons. The highest BCUT2D eigenvalue weighted by atomic mass is 19.4. The molecule has 2 aliphatic rings. The fourth-order valence-electron chi connectivity index (χ4n) is 4.04. The zero-order chi connectivity index (χ0) is 19.1. The van der Waals surface area contributed by atoms with Crippen molar-refractivity contribution in [2.75, 3.05) is 6.61 Å². The van der Waals surface area contributed by atoms with Crippen LogP contribution < -0.4 is 5.32 Å². The molecule has 9 heteroatoms. The molecule has 0 unspecified atom stereocenters. The van der Waals surface area contributed by atoms with Gasteiger partial charge in [0.05, 0.1) is 17.9 Å². The maximum Gasteiger partial charge on any atom is 0.395 e. The smallest absolute Gasteiger partial charge is 0.395 e. The Morgan fingerprint density at radius 3 is 2.42 bits per heavy atom. The average Bonchev–Trinajstić information content (AvgIpc) is 3.29. The van der Waals surface area contributed by atoms with E-state index < -0.39 is 46.5 Å². The SMILES string of the molecule is CCOC(=O)[C@H]1N[C@@H](c2ccccc2)[C@@H]([N+](=O)[O-])[C@@H]1C1(C(F)(F)F)CC1. The monoisotopic (exact) mass is 372 g/mol. The average molecular weight is 372 g/mol. The van der Waals surface area contributed by atoms with E-state index in [0.717, 1.165) is 0 Å². The van der Waals surface area contributed by atoms with Gasteiger partial charge in [0.1, 0.15) is 12.1 Å². The second-order valence-corrected chi connectivity index (χ2v) is 6.74. The number of benzene rings is 1. The molecular weight excluding hydrogens is 353 g/mol. The van der Waals surface area contributed by atoms with E-state index in [1.165, 1.54) is 6.92 Å². The van der Waals surface area contributed by atoms with Crippen molar-refractivity contribution in [3.63, 3.8) is 0 Å². The molecule has 6 nitrogen and oxygen atoms in total. The van der Waals surface area contributed by atoms with Crippen molar-refractivity contribution in [2.24, 2.45) is 11.3 Å². The quantitative estimate of drug-likeness (QED) is 0.488. The number of alkyl halides is 3. The van der Waals surface area contributed by atoms with Crippen LogP contribution in [0.5, 0.6) is 0 Å². The fourth-order valence-corrected chi connectivity index (χ4v) is 4.04. The molecule has 1 N–H and O–H groups in total. The van der Waals surface area contributed by atoms with E-state index in [2.05, 4.69) is 5.32 Å². The van der Waals surface area contributed by atoms with E-state index in [-0.39, 0.29) is 19.4 Å². The Hall–Kier alpha value is -2.16. The Bertz CT molecular complexity index is 691. The number of rotatable bonds is 5. The van der Waals surface area contributed by atoms with Crippen LogP contribution in [0.4, 0.5) is 13.2 Å². The van der Waals surface area contributed by atoms with Crippen molar-refractivity contribution < 1.29 is 27.6 Å². The van der Waals surface area contributed by atoms with Gasteiger partial charge in [0.2, 0.25) is 6.04 Å². The topological polar surface area (TPSA) is 81.5 Å². The van der Waals surface area contributed by atoms with Crippen LogP contribution in [0.25, 0.3) is 0 Å². The van der Waals surface area contributed by atoms with Crippen molar-refractivity contribution in [2.45, 2.75) is 44.1 Å². The molecular formula is C17H19F3N2O4. The summed E-state index contributed by atoms with van der Waals surface area (Å²) in [5, 5.41) is 14.5. The van der Waals surface area contributed by atoms with Gasteiger partial charge in [-0.15, -0.1) is 0 Å². The molecule has 1 aromatic carbocycles. The molecule has 1 saturated heterocycles. The van der Waals surface area contributed by atoms with E-state index in [4.69, 9.17) is 4.74 Å². The zero-order valence-corrected chi connectivity index (χ0v) is 14.0. The highest BCUT2D eigenvalue weighted by molar-refractivity contribution is 5.77. The lowest BCUT2D eigenvalue weighted by Crippen LogP contribution is -2.48. The summed E-state index contributed by atoms with van der Waals surface area (Å²) in [6.07, 6.45) is -5.06. The summed E-state index contributed by atoms with van der Waals surface area (Å²) in [4.78, 5) is 23.4. The fraction of sp³-hybridized carbons (Fsp3) is 0.588. The number of hydrogen-bond donors (Lipinski definition) is 1. The highest BCUT2D eigenvalue weighted by Crippen LogP contribution is 2.66. The van der Waals surface area contributed by atoms with Gasteiger partial charge in [-0.2, -0.15) is 13.2 Å². The molecule has 1 aliphatic carbocycles. The van der Waals surface area contributed by atoms with Gasteiger partial charge in [0, 0.05) is 4.92 Å². The van der Waals surface area contributed by atoms with Gasteiger partial charge in [-0.05, 0) is 25.3 Å². The zero-order valence-electron chi connectivity index (χ0n) is 14.0. The standard InChI is InChI=1S/C17H19F3N2O4/c1-2-26-15(23)13-11(16(8-9-16)17(18,19)20)14(22(24)25)12(21-13)10-6-4-3-5-7-10/h3-7,11-14,21H,2,8-9H2,1H3/t11-,12+,13+,14+/m1/s1.